The molecule has 2 amide bonds. The Balaban J connectivity index is 1.51. The lowest BCUT2D eigenvalue weighted by molar-refractivity contribution is -0.130. The highest BCUT2D eigenvalue weighted by atomic mass is 19.1. The van der Waals surface area contributed by atoms with Crippen LogP contribution in [0.2, 0.25) is 0 Å². The number of nitrogens with zero attached hydrogens (tertiary/aromatic N) is 3. The van der Waals surface area contributed by atoms with E-state index in [0.29, 0.717) is 49.8 Å². The molecular formula is C26H24FN3O3. The third-order valence-corrected chi connectivity index (χ3v) is 6.13. The number of furan rings is 1. The summed E-state index contributed by atoms with van der Waals surface area (Å²) in [5.41, 5.74) is 3.80. The number of hydrogen-bond donors (Lipinski definition) is 0. The van der Waals surface area contributed by atoms with Crippen molar-refractivity contribution >= 4 is 22.9 Å². The Labute approximate surface area is 190 Å². The first-order valence-electron chi connectivity index (χ1n) is 11.0. The predicted octanol–water partition coefficient (Wildman–Crippen LogP) is 4.39. The maximum absolute atomic E-state index is 13.5. The molecule has 1 saturated heterocycles. The van der Waals surface area contributed by atoms with Crippen molar-refractivity contribution in [3.63, 3.8) is 0 Å². The van der Waals surface area contributed by atoms with E-state index in [-0.39, 0.29) is 17.6 Å². The summed E-state index contributed by atoms with van der Waals surface area (Å²) in [5.74, 6) is 0.265. The van der Waals surface area contributed by atoms with Crippen molar-refractivity contribution in [3.8, 4) is 11.3 Å². The Hall–Kier alpha value is -3.87. The van der Waals surface area contributed by atoms with Crippen LogP contribution in [0.15, 0.2) is 71.1 Å². The van der Waals surface area contributed by atoms with Crippen molar-refractivity contribution in [1.29, 1.82) is 0 Å². The number of piperazine rings is 1. The van der Waals surface area contributed by atoms with Gasteiger partial charge in [0.2, 0.25) is 5.91 Å². The van der Waals surface area contributed by atoms with Gasteiger partial charge in [0, 0.05) is 57.3 Å². The molecule has 0 atom stereocenters. The van der Waals surface area contributed by atoms with Gasteiger partial charge in [0.1, 0.15) is 17.3 Å². The summed E-state index contributed by atoms with van der Waals surface area (Å²) in [7, 11) is 0. The third-order valence-electron chi connectivity index (χ3n) is 6.13. The quantitative estimate of drug-likeness (QED) is 0.468. The Kier molecular flexibility index (Phi) is 5.46. The van der Waals surface area contributed by atoms with Gasteiger partial charge in [-0.2, -0.15) is 0 Å². The van der Waals surface area contributed by atoms with Crippen LogP contribution in [0.3, 0.4) is 0 Å². The van der Waals surface area contributed by atoms with Crippen LogP contribution >= 0.6 is 0 Å². The van der Waals surface area contributed by atoms with E-state index in [1.54, 1.807) is 34.9 Å². The Morgan fingerprint density at radius 2 is 1.58 bits per heavy atom. The molecule has 4 aromatic rings. The molecule has 0 bridgehead atoms. The first-order valence-corrected chi connectivity index (χ1v) is 11.0. The van der Waals surface area contributed by atoms with E-state index in [1.807, 2.05) is 41.0 Å². The summed E-state index contributed by atoms with van der Waals surface area (Å²) in [6.45, 7) is 4.13. The normalized spacial score (nSPS) is 14.1. The summed E-state index contributed by atoms with van der Waals surface area (Å²) in [4.78, 5) is 28.6. The first kappa shape index (κ1) is 21.0. The van der Waals surface area contributed by atoms with Gasteiger partial charge in [-0.15, -0.1) is 0 Å². The highest BCUT2D eigenvalue weighted by Crippen LogP contribution is 2.31. The van der Waals surface area contributed by atoms with Gasteiger partial charge in [-0.1, -0.05) is 30.3 Å². The topological polar surface area (TPSA) is 58.7 Å². The van der Waals surface area contributed by atoms with E-state index in [0.717, 1.165) is 16.6 Å². The van der Waals surface area contributed by atoms with E-state index < -0.39 is 0 Å². The summed E-state index contributed by atoms with van der Waals surface area (Å²) in [6, 6.07) is 19.8. The molecule has 1 fully saturated rings. The zero-order chi connectivity index (χ0) is 22.9. The second-order valence-electron chi connectivity index (χ2n) is 8.27. The maximum Gasteiger partial charge on any atom is 0.270 e. The fourth-order valence-corrected chi connectivity index (χ4v) is 4.30. The monoisotopic (exact) mass is 445 g/mol. The van der Waals surface area contributed by atoms with Crippen molar-refractivity contribution in [2.75, 3.05) is 26.2 Å². The van der Waals surface area contributed by atoms with E-state index in [2.05, 4.69) is 0 Å². The number of carbonyl (C=O) groups is 2. The number of amides is 2. The van der Waals surface area contributed by atoms with Gasteiger partial charge in [-0.05, 0) is 29.8 Å². The van der Waals surface area contributed by atoms with Crippen LogP contribution in [0.5, 0.6) is 0 Å². The summed E-state index contributed by atoms with van der Waals surface area (Å²) < 4.78 is 21.4. The Bertz CT molecular complexity index is 1300. The highest BCUT2D eigenvalue weighted by Gasteiger charge is 2.27. The van der Waals surface area contributed by atoms with Crippen LogP contribution < -0.4 is 0 Å². The number of carbonyl (C=O) groups excluding carboxylic acids is 2. The smallest absolute Gasteiger partial charge is 0.270 e. The fourth-order valence-electron chi connectivity index (χ4n) is 4.30. The minimum Gasteiger partial charge on any atom is -0.454 e. The van der Waals surface area contributed by atoms with Gasteiger partial charge in [-0.25, -0.2) is 4.39 Å². The highest BCUT2D eigenvalue weighted by molar-refractivity contribution is 5.98. The number of hydrogen-bond acceptors (Lipinski definition) is 3. The number of aromatic nitrogens is 1. The number of benzene rings is 2. The lowest BCUT2D eigenvalue weighted by Gasteiger charge is -2.34. The van der Waals surface area contributed by atoms with Crippen LogP contribution in [0.1, 0.15) is 23.0 Å². The second kappa shape index (κ2) is 8.58. The number of halogens is 1. The van der Waals surface area contributed by atoms with Crippen molar-refractivity contribution in [2.24, 2.45) is 0 Å². The summed E-state index contributed by atoms with van der Waals surface area (Å²) >= 11 is 0. The van der Waals surface area contributed by atoms with Crippen LogP contribution in [-0.2, 0) is 11.3 Å². The predicted molar refractivity (Wildman–Crippen MR) is 123 cm³/mol. The molecule has 168 valence electrons. The van der Waals surface area contributed by atoms with E-state index in [4.69, 9.17) is 4.42 Å². The zero-order valence-electron chi connectivity index (χ0n) is 18.3. The van der Waals surface area contributed by atoms with E-state index >= 15 is 0 Å². The molecule has 6 nitrogen and oxygen atoms in total. The SMILES string of the molecule is CC(=O)N1CCN(C(=O)c2cc3oc(-c4ccc(F)cc4)cc3n2Cc2ccccc2)CC1. The van der Waals surface area contributed by atoms with Crippen LogP contribution in [0.25, 0.3) is 22.4 Å². The molecule has 0 radical (unpaired) electrons. The van der Waals surface area contributed by atoms with Crippen molar-refractivity contribution in [2.45, 2.75) is 13.5 Å². The molecule has 0 N–H and O–H groups in total. The molecule has 0 spiro atoms. The van der Waals surface area contributed by atoms with Gasteiger partial charge in [0.15, 0.2) is 5.58 Å². The lowest BCUT2D eigenvalue weighted by atomic mass is 10.2. The molecule has 0 aliphatic carbocycles. The van der Waals surface area contributed by atoms with Gasteiger partial charge in [-0.3, -0.25) is 9.59 Å². The fraction of sp³-hybridized carbons (Fsp3) is 0.231. The molecule has 2 aromatic heterocycles. The number of rotatable bonds is 4. The molecule has 5 rings (SSSR count). The Morgan fingerprint density at radius 3 is 2.24 bits per heavy atom. The lowest BCUT2D eigenvalue weighted by Crippen LogP contribution is -2.50. The minimum absolute atomic E-state index is 0.0281. The second-order valence-corrected chi connectivity index (χ2v) is 8.27. The molecule has 0 saturated carbocycles. The summed E-state index contributed by atoms with van der Waals surface area (Å²) in [5, 5.41) is 0. The third kappa shape index (κ3) is 4.14. The average Bonchev–Trinajstić information content (AvgIpc) is 3.39. The molecule has 1 aliphatic heterocycles. The van der Waals surface area contributed by atoms with E-state index in [9.17, 15) is 14.0 Å². The van der Waals surface area contributed by atoms with Gasteiger partial charge in [0.25, 0.3) is 5.91 Å². The molecule has 0 unspecified atom stereocenters. The van der Waals surface area contributed by atoms with Gasteiger partial charge >= 0.3 is 0 Å². The average molecular weight is 445 g/mol. The molecule has 7 heteroatoms. The molecular weight excluding hydrogens is 421 g/mol. The first-order chi connectivity index (χ1) is 16.0. The number of fused-ring (bicyclic) bond motifs is 1. The van der Waals surface area contributed by atoms with Crippen molar-refractivity contribution in [3.05, 3.63) is 83.8 Å². The largest absolute Gasteiger partial charge is 0.454 e. The van der Waals surface area contributed by atoms with Crippen LogP contribution in [0.4, 0.5) is 4.39 Å². The molecule has 33 heavy (non-hydrogen) atoms. The van der Waals surface area contributed by atoms with Gasteiger partial charge < -0.3 is 18.8 Å². The van der Waals surface area contributed by atoms with Crippen LogP contribution in [0, 0.1) is 5.82 Å². The standard InChI is InChI=1S/C26H24FN3O3/c1-18(31)28-11-13-29(14-12-28)26(32)23-16-25-22(30(23)17-19-5-3-2-4-6-19)15-24(33-25)20-7-9-21(27)10-8-20/h2-10,15-16H,11-14,17H2,1H3. The zero-order valence-corrected chi connectivity index (χ0v) is 18.3. The minimum atomic E-state index is -0.304. The van der Waals surface area contributed by atoms with E-state index in [1.165, 1.54) is 12.1 Å². The van der Waals surface area contributed by atoms with Crippen LogP contribution in [-0.4, -0.2) is 52.4 Å². The maximum atomic E-state index is 13.5. The van der Waals surface area contributed by atoms with Crippen molar-refractivity contribution < 1.29 is 18.4 Å². The van der Waals surface area contributed by atoms with Gasteiger partial charge in [0.05, 0.1) is 5.52 Å². The molecule has 1 aliphatic rings. The molecule has 2 aromatic carbocycles. The Morgan fingerprint density at radius 1 is 0.909 bits per heavy atom. The van der Waals surface area contributed by atoms with Crippen molar-refractivity contribution in [1.82, 2.24) is 14.4 Å². The molecule has 3 heterocycles. The summed E-state index contributed by atoms with van der Waals surface area (Å²) in [6.07, 6.45) is 0.